The average Bonchev–Trinajstić information content (AvgIpc) is 3.15. The molecule has 0 amide bonds. The topological polar surface area (TPSA) is 49.0 Å². The van der Waals surface area contributed by atoms with Crippen molar-refractivity contribution >= 4 is 30.9 Å². The van der Waals surface area contributed by atoms with Gasteiger partial charge in [-0.1, -0.05) is 18.2 Å². The fourth-order valence-electron chi connectivity index (χ4n) is 4.08. The molecule has 1 aromatic carbocycles. The first-order valence-corrected chi connectivity index (χ1v) is 11.6. The third kappa shape index (κ3) is 5.63. The van der Waals surface area contributed by atoms with Gasteiger partial charge in [-0.15, -0.1) is 0 Å². The molecule has 0 radical (unpaired) electrons. The van der Waals surface area contributed by atoms with E-state index in [2.05, 4.69) is 69.5 Å². The van der Waals surface area contributed by atoms with Crippen LogP contribution < -0.4 is 0 Å². The van der Waals surface area contributed by atoms with Crippen molar-refractivity contribution < 1.29 is 4.39 Å². The summed E-state index contributed by atoms with van der Waals surface area (Å²) in [6.07, 6.45) is 15.3. The number of aromatic nitrogens is 2. The molecular weight excluding hydrogens is 447 g/mol. The van der Waals surface area contributed by atoms with E-state index in [1.54, 1.807) is 18.6 Å². The molecule has 1 aliphatic heterocycles. The standard InChI is InChI=1S/C26H29FN6S/c1-19(13-22-8-10-25(14-23(22)15-30-34)32-16-20(2)29-18-32)26-28-11-12-33(31(26)3)17-21-5-4-6-24(27)9-7-21/h5-10,13-16,18,34H,4,11-12,17H2,1-3H3/b19-13+,30-15-. The van der Waals surface area contributed by atoms with E-state index in [0.717, 1.165) is 46.0 Å². The highest BCUT2D eigenvalue weighted by Gasteiger charge is 2.21. The number of hydrazine groups is 1. The van der Waals surface area contributed by atoms with Crippen molar-refractivity contribution in [1.29, 1.82) is 0 Å². The number of likely N-dealkylation sites (N-methyl/N-ethyl adjacent to an activating group) is 1. The van der Waals surface area contributed by atoms with Gasteiger partial charge in [-0.2, -0.15) is 0 Å². The lowest BCUT2D eigenvalue weighted by Crippen LogP contribution is -2.49. The average molecular weight is 477 g/mol. The Bertz CT molecular complexity index is 1230. The maximum atomic E-state index is 13.5. The molecule has 0 spiro atoms. The van der Waals surface area contributed by atoms with Gasteiger partial charge in [0, 0.05) is 43.8 Å². The molecule has 0 N–H and O–H groups in total. The number of halogens is 1. The van der Waals surface area contributed by atoms with Gasteiger partial charge in [0.2, 0.25) is 0 Å². The Morgan fingerprint density at radius 2 is 2.09 bits per heavy atom. The van der Waals surface area contributed by atoms with Crippen LogP contribution in [0, 0.1) is 6.92 Å². The zero-order valence-electron chi connectivity index (χ0n) is 19.7. The van der Waals surface area contributed by atoms with Crippen molar-refractivity contribution in [2.45, 2.75) is 20.3 Å². The maximum Gasteiger partial charge on any atom is 0.140 e. The van der Waals surface area contributed by atoms with Gasteiger partial charge in [0.05, 0.1) is 18.6 Å². The van der Waals surface area contributed by atoms with Gasteiger partial charge in [-0.3, -0.25) is 10.0 Å². The van der Waals surface area contributed by atoms with E-state index in [0.29, 0.717) is 19.5 Å². The first-order valence-electron chi connectivity index (χ1n) is 11.2. The number of imidazole rings is 1. The van der Waals surface area contributed by atoms with Gasteiger partial charge < -0.3 is 4.57 Å². The third-order valence-electron chi connectivity index (χ3n) is 5.87. The summed E-state index contributed by atoms with van der Waals surface area (Å²) in [6, 6.07) is 6.20. The number of aryl methyl sites for hydroxylation is 1. The summed E-state index contributed by atoms with van der Waals surface area (Å²) >= 11 is 4.05. The van der Waals surface area contributed by atoms with Crippen molar-refractivity contribution in [2.75, 3.05) is 26.7 Å². The fourth-order valence-corrected chi connectivity index (χ4v) is 4.21. The molecule has 2 aromatic rings. The lowest BCUT2D eigenvalue weighted by atomic mass is 10.0. The smallest absolute Gasteiger partial charge is 0.140 e. The van der Waals surface area contributed by atoms with Crippen molar-refractivity contribution in [3.8, 4) is 5.69 Å². The van der Waals surface area contributed by atoms with E-state index in [1.807, 2.05) is 30.8 Å². The largest absolute Gasteiger partial charge is 0.306 e. The zero-order chi connectivity index (χ0) is 24.1. The maximum absolute atomic E-state index is 13.5. The molecule has 2 aliphatic rings. The number of nitrogens with zero attached hydrogens (tertiary/aromatic N) is 6. The summed E-state index contributed by atoms with van der Waals surface area (Å²) < 4.78 is 19.5. The summed E-state index contributed by atoms with van der Waals surface area (Å²) in [4.78, 5) is 9.10. The second-order valence-electron chi connectivity index (χ2n) is 8.36. The zero-order valence-corrected chi connectivity index (χ0v) is 20.6. The van der Waals surface area contributed by atoms with Crippen LogP contribution in [0.5, 0.6) is 0 Å². The number of amidine groups is 1. The summed E-state index contributed by atoms with van der Waals surface area (Å²) in [7, 11) is 2.02. The molecule has 176 valence electrons. The van der Waals surface area contributed by atoms with Gasteiger partial charge in [-0.25, -0.2) is 18.8 Å². The van der Waals surface area contributed by atoms with Crippen molar-refractivity contribution in [2.24, 2.45) is 9.39 Å². The number of hydrogen-bond donors (Lipinski definition) is 1. The molecule has 4 rings (SSSR count). The van der Waals surface area contributed by atoms with E-state index in [-0.39, 0.29) is 5.83 Å². The first kappa shape index (κ1) is 23.9. The Kier molecular flexibility index (Phi) is 7.59. The van der Waals surface area contributed by atoms with Crippen LogP contribution in [0.4, 0.5) is 4.39 Å². The monoisotopic (exact) mass is 476 g/mol. The first-order chi connectivity index (χ1) is 16.4. The van der Waals surface area contributed by atoms with E-state index in [4.69, 9.17) is 4.99 Å². The number of rotatable bonds is 6. The van der Waals surface area contributed by atoms with Gasteiger partial charge in [0.1, 0.15) is 11.7 Å². The van der Waals surface area contributed by atoms with Crippen LogP contribution in [-0.4, -0.2) is 58.3 Å². The summed E-state index contributed by atoms with van der Waals surface area (Å²) in [5.41, 5.74) is 6.09. The number of aliphatic imine (C=N–C) groups is 1. The molecule has 0 bridgehead atoms. The Hall–Kier alpha value is -3.23. The van der Waals surface area contributed by atoms with Crippen molar-refractivity contribution in [3.63, 3.8) is 0 Å². The normalized spacial score (nSPS) is 17.6. The lowest BCUT2D eigenvalue weighted by molar-refractivity contribution is 0.0769. The molecular formula is C26H29FN6S. The van der Waals surface area contributed by atoms with Gasteiger partial charge in [0.25, 0.3) is 0 Å². The predicted molar refractivity (Wildman–Crippen MR) is 141 cm³/mol. The Morgan fingerprint density at radius 3 is 2.85 bits per heavy atom. The van der Waals surface area contributed by atoms with Gasteiger partial charge >= 0.3 is 0 Å². The Labute approximate surface area is 205 Å². The number of hydrogen-bond acceptors (Lipinski definition) is 6. The lowest BCUT2D eigenvalue weighted by Gasteiger charge is -2.37. The SMILES string of the molecule is C/C(=C\c1ccc(-n2cnc(C)c2)cc1/C=N\S)C1=NCCN(CC2=CCC=C(F)C=C2)N1C. The minimum absolute atomic E-state index is 0.186. The second-order valence-corrected chi connectivity index (χ2v) is 8.59. The van der Waals surface area contributed by atoms with E-state index >= 15 is 0 Å². The molecule has 8 heteroatoms. The van der Waals surface area contributed by atoms with Gasteiger partial charge in [0.15, 0.2) is 0 Å². The minimum Gasteiger partial charge on any atom is -0.306 e. The van der Waals surface area contributed by atoms with Crippen LogP contribution in [0.25, 0.3) is 11.8 Å². The molecule has 1 aromatic heterocycles. The Morgan fingerprint density at radius 1 is 1.24 bits per heavy atom. The molecule has 34 heavy (non-hydrogen) atoms. The minimum atomic E-state index is -0.186. The summed E-state index contributed by atoms with van der Waals surface area (Å²) in [5, 5.41) is 4.33. The molecule has 0 saturated carbocycles. The van der Waals surface area contributed by atoms with Crippen molar-refractivity contribution in [3.05, 3.63) is 88.8 Å². The molecule has 1 aliphatic carbocycles. The number of benzene rings is 1. The highest BCUT2D eigenvalue weighted by molar-refractivity contribution is 7.79. The Balaban J connectivity index is 1.55. The fraction of sp³-hybridized carbons (Fsp3) is 0.269. The van der Waals surface area contributed by atoms with Crippen LogP contribution in [0.3, 0.4) is 0 Å². The van der Waals surface area contributed by atoms with Crippen LogP contribution in [0.1, 0.15) is 30.2 Å². The van der Waals surface area contributed by atoms with E-state index in [9.17, 15) is 4.39 Å². The number of allylic oxidation sites excluding steroid dienone is 4. The van der Waals surface area contributed by atoms with Crippen LogP contribution in [0.15, 0.2) is 81.4 Å². The van der Waals surface area contributed by atoms with E-state index in [1.165, 1.54) is 6.08 Å². The molecule has 0 fully saturated rings. The summed E-state index contributed by atoms with van der Waals surface area (Å²) in [5.74, 6) is 0.728. The quantitative estimate of drug-likeness (QED) is 0.464. The molecule has 0 saturated heterocycles. The van der Waals surface area contributed by atoms with Crippen LogP contribution in [0.2, 0.25) is 0 Å². The molecule has 6 nitrogen and oxygen atoms in total. The van der Waals surface area contributed by atoms with Crippen molar-refractivity contribution in [1.82, 2.24) is 19.6 Å². The highest BCUT2D eigenvalue weighted by atomic mass is 32.1. The summed E-state index contributed by atoms with van der Waals surface area (Å²) in [6.45, 7) is 6.26. The van der Waals surface area contributed by atoms with Gasteiger partial charge in [-0.05, 0) is 80.2 Å². The predicted octanol–water partition coefficient (Wildman–Crippen LogP) is 5.15. The second kappa shape index (κ2) is 10.8. The van der Waals surface area contributed by atoms with E-state index < -0.39 is 0 Å². The molecule has 0 unspecified atom stereocenters. The third-order valence-corrected chi connectivity index (χ3v) is 5.98. The van der Waals surface area contributed by atoms with Crippen LogP contribution >= 0.6 is 12.8 Å². The highest BCUT2D eigenvalue weighted by Crippen LogP contribution is 2.21. The van der Waals surface area contributed by atoms with Crippen LogP contribution in [-0.2, 0) is 0 Å². The molecule has 2 heterocycles. The molecule has 0 atom stereocenters. The number of thiol groups is 1.